The van der Waals surface area contributed by atoms with Crippen LogP contribution in [0.25, 0.3) is 0 Å². The monoisotopic (exact) mass is 258 g/mol. The summed E-state index contributed by atoms with van der Waals surface area (Å²) in [6, 6.07) is 0.261. The van der Waals surface area contributed by atoms with E-state index in [9.17, 15) is 4.79 Å². The highest BCUT2D eigenvalue weighted by molar-refractivity contribution is 5.78. The van der Waals surface area contributed by atoms with Crippen LogP contribution < -0.4 is 0 Å². The topological polar surface area (TPSA) is 53.0 Å². The van der Waals surface area contributed by atoms with Crippen molar-refractivity contribution >= 4 is 5.91 Å². The second kappa shape index (κ2) is 7.07. The summed E-state index contributed by atoms with van der Waals surface area (Å²) >= 11 is 0. The van der Waals surface area contributed by atoms with E-state index in [2.05, 4.69) is 0 Å². The van der Waals surface area contributed by atoms with Gasteiger partial charge < -0.3 is 14.7 Å². The van der Waals surface area contributed by atoms with Crippen LogP contribution in [0.5, 0.6) is 0 Å². The van der Waals surface area contributed by atoms with E-state index < -0.39 is 0 Å². The van der Waals surface area contributed by atoms with Gasteiger partial charge in [-0.2, -0.15) is 0 Å². The highest BCUT2D eigenvalue weighted by Crippen LogP contribution is 2.11. The fourth-order valence-electron chi connectivity index (χ4n) is 2.30. The predicted octanol–water partition coefficient (Wildman–Crippen LogP) is 0.325. The second-order valence-electron chi connectivity index (χ2n) is 5.34. The van der Waals surface area contributed by atoms with E-state index in [1.807, 2.05) is 37.5 Å². The summed E-state index contributed by atoms with van der Waals surface area (Å²) in [6.45, 7) is 10.4. The van der Waals surface area contributed by atoms with Crippen molar-refractivity contribution in [2.45, 2.75) is 45.9 Å². The minimum Gasteiger partial charge on any atom is -0.395 e. The molecule has 0 spiro atoms. The Balaban J connectivity index is 2.52. The summed E-state index contributed by atoms with van der Waals surface area (Å²) in [6.07, 6.45) is 0.200. The molecule has 1 aliphatic heterocycles. The van der Waals surface area contributed by atoms with Gasteiger partial charge in [-0.15, -0.1) is 0 Å². The molecule has 0 aromatic heterocycles. The molecule has 5 heteroatoms. The summed E-state index contributed by atoms with van der Waals surface area (Å²) < 4.78 is 5.62. The Hall–Kier alpha value is -0.650. The maximum Gasteiger partial charge on any atom is 0.236 e. The lowest BCUT2D eigenvalue weighted by molar-refractivity contribution is -0.144. The summed E-state index contributed by atoms with van der Waals surface area (Å²) in [5, 5.41) is 9.01. The molecule has 0 aromatic carbocycles. The molecule has 5 nitrogen and oxygen atoms in total. The molecule has 1 amide bonds. The van der Waals surface area contributed by atoms with Crippen molar-refractivity contribution < 1.29 is 14.6 Å². The molecule has 1 N–H and O–H groups in total. The Bertz CT molecular complexity index is 261. The van der Waals surface area contributed by atoms with E-state index in [0.29, 0.717) is 26.2 Å². The van der Waals surface area contributed by atoms with Gasteiger partial charge in [0, 0.05) is 25.7 Å². The van der Waals surface area contributed by atoms with E-state index in [-0.39, 0.29) is 30.8 Å². The van der Waals surface area contributed by atoms with Crippen LogP contribution in [0.1, 0.15) is 27.7 Å². The van der Waals surface area contributed by atoms with Crippen LogP contribution in [0.15, 0.2) is 0 Å². The van der Waals surface area contributed by atoms with Crippen molar-refractivity contribution in [2.75, 3.05) is 32.8 Å². The molecule has 1 heterocycles. The maximum absolute atomic E-state index is 12.2. The lowest BCUT2D eigenvalue weighted by atomic mass is 10.2. The summed E-state index contributed by atoms with van der Waals surface area (Å²) in [5.41, 5.74) is 0. The van der Waals surface area contributed by atoms with Crippen molar-refractivity contribution in [2.24, 2.45) is 0 Å². The van der Waals surface area contributed by atoms with E-state index in [1.165, 1.54) is 0 Å². The van der Waals surface area contributed by atoms with Crippen molar-refractivity contribution in [1.82, 2.24) is 9.80 Å². The van der Waals surface area contributed by atoms with Gasteiger partial charge in [0.25, 0.3) is 0 Å². The van der Waals surface area contributed by atoms with Crippen molar-refractivity contribution in [3.63, 3.8) is 0 Å². The SMILES string of the molecule is CC1CN(C(=O)CN(CCO)C(C)C)CC(C)O1. The molecule has 2 atom stereocenters. The molecule has 1 aliphatic rings. The van der Waals surface area contributed by atoms with Gasteiger partial charge in [0.2, 0.25) is 5.91 Å². The van der Waals surface area contributed by atoms with Gasteiger partial charge in [-0.3, -0.25) is 9.69 Å². The van der Waals surface area contributed by atoms with Crippen LogP contribution >= 0.6 is 0 Å². The third-order valence-electron chi connectivity index (χ3n) is 3.23. The number of carbonyl (C=O) groups is 1. The van der Waals surface area contributed by atoms with Crippen LogP contribution in [-0.2, 0) is 9.53 Å². The molecule has 0 aromatic rings. The highest BCUT2D eigenvalue weighted by atomic mass is 16.5. The Kier molecular flexibility index (Phi) is 6.05. The largest absolute Gasteiger partial charge is 0.395 e. The standard InChI is InChI=1S/C13H26N2O3/c1-10(2)14(5-6-16)9-13(17)15-7-11(3)18-12(4)8-15/h10-12,16H,5-9H2,1-4H3. The normalized spacial score (nSPS) is 24.9. The number of nitrogens with zero attached hydrogens (tertiary/aromatic N) is 2. The number of ether oxygens (including phenoxy) is 1. The quantitative estimate of drug-likeness (QED) is 0.772. The smallest absolute Gasteiger partial charge is 0.236 e. The highest BCUT2D eigenvalue weighted by Gasteiger charge is 2.27. The minimum atomic E-state index is 0.0847. The zero-order chi connectivity index (χ0) is 13.7. The molecule has 1 rings (SSSR count). The van der Waals surface area contributed by atoms with Gasteiger partial charge in [-0.05, 0) is 27.7 Å². The Morgan fingerprint density at radius 3 is 2.39 bits per heavy atom. The fourth-order valence-corrected chi connectivity index (χ4v) is 2.30. The van der Waals surface area contributed by atoms with Gasteiger partial charge in [-0.25, -0.2) is 0 Å². The zero-order valence-electron chi connectivity index (χ0n) is 11.9. The first-order valence-corrected chi connectivity index (χ1v) is 6.72. The second-order valence-corrected chi connectivity index (χ2v) is 5.34. The lowest BCUT2D eigenvalue weighted by Gasteiger charge is -2.37. The zero-order valence-corrected chi connectivity index (χ0v) is 11.9. The molecule has 18 heavy (non-hydrogen) atoms. The Labute approximate surface area is 110 Å². The molecular weight excluding hydrogens is 232 g/mol. The molecule has 1 saturated heterocycles. The molecule has 0 saturated carbocycles. The average Bonchev–Trinajstić information content (AvgIpc) is 2.26. The summed E-state index contributed by atoms with van der Waals surface area (Å²) in [5.74, 6) is 0.124. The molecule has 0 radical (unpaired) electrons. The van der Waals surface area contributed by atoms with Crippen molar-refractivity contribution in [1.29, 1.82) is 0 Å². The Morgan fingerprint density at radius 1 is 1.39 bits per heavy atom. The summed E-state index contributed by atoms with van der Waals surface area (Å²) in [7, 11) is 0. The maximum atomic E-state index is 12.2. The number of hydrogen-bond acceptors (Lipinski definition) is 4. The lowest BCUT2D eigenvalue weighted by Crippen LogP contribution is -2.52. The van der Waals surface area contributed by atoms with Gasteiger partial charge in [0.1, 0.15) is 0 Å². The number of aliphatic hydroxyl groups is 1. The molecule has 0 aliphatic carbocycles. The Morgan fingerprint density at radius 2 is 1.94 bits per heavy atom. The average molecular weight is 258 g/mol. The first-order valence-electron chi connectivity index (χ1n) is 6.72. The van der Waals surface area contributed by atoms with Gasteiger partial charge >= 0.3 is 0 Å². The van der Waals surface area contributed by atoms with Crippen LogP contribution in [0.4, 0.5) is 0 Å². The number of morpholine rings is 1. The van der Waals surface area contributed by atoms with Crippen molar-refractivity contribution in [3.05, 3.63) is 0 Å². The predicted molar refractivity (Wildman–Crippen MR) is 70.4 cm³/mol. The van der Waals surface area contributed by atoms with E-state index in [0.717, 1.165) is 0 Å². The van der Waals surface area contributed by atoms with E-state index in [4.69, 9.17) is 9.84 Å². The van der Waals surface area contributed by atoms with E-state index >= 15 is 0 Å². The van der Waals surface area contributed by atoms with Gasteiger partial charge in [0.05, 0.1) is 25.4 Å². The van der Waals surface area contributed by atoms with Crippen molar-refractivity contribution in [3.8, 4) is 0 Å². The van der Waals surface area contributed by atoms with Crippen LogP contribution in [0, 0.1) is 0 Å². The number of amides is 1. The molecule has 106 valence electrons. The summed E-state index contributed by atoms with van der Waals surface area (Å²) in [4.78, 5) is 16.1. The van der Waals surface area contributed by atoms with Crippen LogP contribution in [-0.4, -0.2) is 71.8 Å². The molecule has 1 fully saturated rings. The minimum absolute atomic E-state index is 0.0847. The first kappa shape index (κ1) is 15.4. The van der Waals surface area contributed by atoms with E-state index in [1.54, 1.807) is 0 Å². The van der Waals surface area contributed by atoms with Gasteiger partial charge in [0.15, 0.2) is 0 Å². The number of rotatable bonds is 5. The molecule has 0 bridgehead atoms. The fraction of sp³-hybridized carbons (Fsp3) is 0.923. The first-order chi connectivity index (χ1) is 8.43. The number of hydrogen-bond donors (Lipinski definition) is 1. The third kappa shape index (κ3) is 4.55. The van der Waals surface area contributed by atoms with Crippen LogP contribution in [0.2, 0.25) is 0 Å². The molecule has 2 unspecified atom stereocenters. The molecular formula is C13H26N2O3. The van der Waals surface area contributed by atoms with Gasteiger partial charge in [-0.1, -0.05) is 0 Å². The van der Waals surface area contributed by atoms with Crippen LogP contribution in [0.3, 0.4) is 0 Å². The number of carbonyl (C=O) groups excluding carboxylic acids is 1. The third-order valence-corrected chi connectivity index (χ3v) is 3.23. The number of aliphatic hydroxyl groups excluding tert-OH is 1.